The summed E-state index contributed by atoms with van der Waals surface area (Å²) in [5.74, 6) is 0.558. The van der Waals surface area contributed by atoms with Crippen LogP contribution in [-0.2, 0) is 0 Å². The SMILES string of the molecule is Cc1cccc2nc(NCC(O)CC(C)(C)C)nn12. The summed E-state index contributed by atoms with van der Waals surface area (Å²) in [4.78, 5) is 4.37. The van der Waals surface area contributed by atoms with Crippen LogP contribution in [0.1, 0.15) is 32.9 Å². The molecule has 19 heavy (non-hydrogen) atoms. The number of pyridine rings is 1. The number of nitrogens with zero attached hydrogens (tertiary/aromatic N) is 3. The summed E-state index contributed by atoms with van der Waals surface area (Å²) in [7, 11) is 0. The zero-order valence-corrected chi connectivity index (χ0v) is 12.0. The van der Waals surface area contributed by atoms with Gasteiger partial charge in [-0.1, -0.05) is 26.8 Å². The molecule has 2 aromatic heterocycles. The molecule has 0 fully saturated rings. The van der Waals surface area contributed by atoms with E-state index < -0.39 is 6.10 Å². The fraction of sp³-hybridized carbons (Fsp3) is 0.571. The highest BCUT2D eigenvalue weighted by molar-refractivity contribution is 5.44. The largest absolute Gasteiger partial charge is 0.391 e. The number of rotatable bonds is 4. The Kier molecular flexibility index (Phi) is 3.75. The molecule has 0 amide bonds. The van der Waals surface area contributed by atoms with Gasteiger partial charge < -0.3 is 10.4 Å². The zero-order chi connectivity index (χ0) is 14.0. The third-order valence-electron chi connectivity index (χ3n) is 2.89. The summed E-state index contributed by atoms with van der Waals surface area (Å²) in [6, 6.07) is 5.86. The van der Waals surface area contributed by atoms with Crippen molar-refractivity contribution in [2.75, 3.05) is 11.9 Å². The molecule has 0 aliphatic rings. The van der Waals surface area contributed by atoms with Crippen LogP contribution in [0.5, 0.6) is 0 Å². The normalized spacial score (nSPS) is 13.7. The highest BCUT2D eigenvalue weighted by atomic mass is 16.3. The summed E-state index contributed by atoms with van der Waals surface area (Å²) in [6.07, 6.45) is 0.347. The number of aromatic nitrogens is 3. The average Bonchev–Trinajstić information content (AvgIpc) is 2.68. The first kappa shape index (κ1) is 13.8. The molecule has 0 saturated carbocycles. The number of hydrogen-bond donors (Lipinski definition) is 2. The molecule has 2 aromatic rings. The van der Waals surface area contributed by atoms with Crippen molar-refractivity contribution in [3.63, 3.8) is 0 Å². The molecule has 0 spiro atoms. The number of aryl methyl sites for hydroxylation is 1. The first-order chi connectivity index (χ1) is 8.85. The van der Waals surface area contributed by atoms with E-state index in [2.05, 4.69) is 36.2 Å². The van der Waals surface area contributed by atoms with E-state index in [0.29, 0.717) is 12.5 Å². The molecule has 5 heteroatoms. The summed E-state index contributed by atoms with van der Waals surface area (Å²) in [5, 5.41) is 17.4. The van der Waals surface area contributed by atoms with Gasteiger partial charge in [-0.05, 0) is 30.9 Å². The second-order valence-corrected chi connectivity index (χ2v) is 6.17. The first-order valence-corrected chi connectivity index (χ1v) is 6.59. The molecule has 0 bridgehead atoms. The lowest BCUT2D eigenvalue weighted by Crippen LogP contribution is -2.25. The third-order valence-corrected chi connectivity index (χ3v) is 2.89. The van der Waals surface area contributed by atoms with E-state index in [4.69, 9.17) is 0 Å². The summed E-state index contributed by atoms with van der Waals surface area (Å²) < 4.78 is 1.79. The van der Waals surface area contributed by atoms with E-state index in [-0.39, 0.29) is 5.41 Å². The molecule has 0 aliphatic carbocycles. The van der Waals surface area contributed by atoms with Crippen molar-refractivity contribution in [1.29, 1.82) is 0 Å². The number of anilines is 1. The van der Waals surface area contributed by atoms with Crippen molar-refractivity contribution >= 4 is 11.6 Å². The Morgan fingerprint density at radius 1 is 1.37 bits per heavy atom. The lowest BCUT2D eigenvalue weighted by Gasteiger charge is -2.22. The summed E-state index contributed by atoms with van der Waals surface area (Å²) in [5.41, 5.74) is 1.96. The van der Waals surface area contributed by atoms with Crippen molar-refractivity contribution in [3.05, 3.63) is 23.9 Å². The predicted octanol–water partition coefficient (Wildman–Crippen LogP) is 2.25. The van der Waals surface area contributed by atoms with Gasteiger partial charge in [0.25, 0.3) is 0 Å². The lowest BCUT2D eigenvalue weighted by molar-refractivity contribution is 0.132. The van der Waals surface area contributed by atoms with E-state index in [1.807, 2.05) is 25.1 Å². The maximum atomic E-state index is 9.95. The Bertz CT molecular complexity index is 556. The van der Waals surface area contributed by atoms with Gasteiger partial charge in [-0.15, -0.1) is 5.10 Å². The topological polar surface area (TPSA) is 62.5 Å². The minimum atomic E-state index is -0.396. The number of nitrogens with one attached hydrogen (secondary N) is 1. The van der Waals surface area contributed by atoms with Gasteiger partial charge in [-0.3, -0.25) is 0 Å². The number of aliphatic hydroxyl groups is 1. The van der Waals surface area contributed by atoms with Crippen molar-refractivity contribution in [2.45, 2.75) is 40.2 Å². The van der Waals surface area contributed by atoms with Crippen LogP contribution in [0.25, 0.3) is 5.65 Å². The average molecular weight is 262 g/mol. The van der Waals surface area contributed by atoms with Gasteiger partial charge in [0.15, 0.2) is 5.65 Å². The molecule has 0 aromatic carbocycles. The van der Waals surface area contributed by atoms with E-state index in [0.717, 1.165) is 17.8 Å². The van der Waals surface area contributed by atoms with Crippen molar-refractivity contribution in [1.82, 2.24) is 14.6 Å². The maximum Gasteiger partial charge on any atom is 0.243 e. The van der Waals surface area contributed by atoms with Gasteiger partial charge in [-0.2, -0.15) is 4.98 Å². The van der Waals surface area contributed by atoms with E-state index >= 15 is 0 Å². The summed E-state index contributed by atoms with van der Waals surface area (Å²) >= 11 is 0. The maximum absolute atomic E-state index is 9.95. The molecule has 1 atom stereocenters. The van der Waals surface area contributed by atoms with Crippen LogP contribution in [0.2, 0.25) is 0 Å². The molecular formula is C14H22N4O. The highest BCUT2D eigenvalue weighted by Gasteiger charge is 2.17. The number of hydrogen-bond acceptors (Lipinski definition) is 4. The summed E-state index contributed by atoms with van der Waals surface area (Å²) in [6.45, 7) is 8.79. The Balaban J connectivity index is 2.00. The molecule has 0 aliphatic heterocycles. The van der Waals surface area contributed by atoms with Crippen molar-refractivity contribution in [3.8, 4) is 0 Å². The molecule has 2 heterocycles. The van der Waals surface area contributed by atoms with Gasteiger partial charge in [-0.25, -0.2) is 4.52 Å². The predicted molar refractivity (Wildman–Crippen MR) is 76.3 cm³/mol. The van der Waals surface area contributed by atoms with E-state index in [1.165, 1.54) is 0 Å². The zero-order valence-electron chi connectivity index (χ0n) is 12.0. The molecule has 1 unspecified atom stereocenters. The van der Waals surface area contributed by atoms with Crippen LogP contribution in [0, 0.1) is 12.3 Å². The second kappa shape index (κ2) is 5.17. The van der Waals surface area contributed by atoms with Gasteiger partial charge >= 0.3 is 0 Å². The molecule has 0 saturated heterocycles. The fourth-order valence-corrected chi connectivity index (χ4v) is 2.10. The Morgan fingerprint density at radius 3 is 2.74 bits per heavy atom. The van der Waals surface area contributed by atoms with Crippen LogP contribution >= 0.6 is 0 Å². The van der Waals surface area contributed by atoms with Gasteiger partial charge in [0.05, 0.1) is 6.10 Å². The van der Waals surface area contributed by atoms with Crippen molar-refractivity contribution in [2.24, 2.45) is 5.41 Å². The molecule has 5 nitrogen and oxygen atoms in total. The monoisotopic (exact) mass is 262 g/mol. The molecule has 2 N–H and O–H groups in total. The fourth-order valence-electron chi connectivity index (χ4n) is 2.10. The van der Waals surface area contributed by atoms with Gasteiger partial charge in [0.2, 0.25) is 5.95 Å². The van der Waals surface area contributed by atoms with Crippen molar-refractivity contribution < 1.29 is 5.11 Å². The van der Waals surface area contributed by atoms with E-state index in [1.54, 1.807) is 4.52 Å². The molecule has 2 rings (SSSR count). The molecule has 0 radical (unpaired) electrons. The number of fused-ring (bicyclic) bond motifs is 1. The standard InChI is InChI=1S/C14H22N4O/c1-10-6-5-7-12-16-13(17-18(10)12)15-9-11(19)8-14(2,3)4/h5-7,11,19H,8-9H2,1-4H3,(H,15,17). The van der Waals surface area contributed by atoms with Crippen LogP contribution in [0.4, 0.5) is 5.95 Å². The molecule has 104 valence electrons. The Morgan fingerprint density at radius 2 is 2.11 bits per heavy atom. The third kappa shape index (κ3) is 3.67. The smallest absolute Gasteiger partial charge is 0.243 e. The minimum absolute atomic E-state index is 0.115. The Labute approximate surface area is 113 Å². The van der Waals surface area contributed by atoms with Crippen LogP contribution < -0.4 is 5.32 Å². The highest BCUT2D eigenvalue weighted by Crippen LogP contribution is 2.20. The van der Waals surface area contributed by atoms with Gasteiger partial charge in [0, 0.05) is 12.2 Å². The van der Waals surface area contributed by atoms with Gasteiger partial charge in [0.1, 0.15) is 0 Å². The quantitative estimate of drug-likeness (QED) is 0.887. The Hall–Kier alpha value is -1.62. The van der Waals surface area contributed by atoms with Crippen LogP contribution in [0.15, 0.2) is 18.2 Å². The van der Waals surface area contributed by atoms with Crippen LogP contribution in [0.3, 0.4) is 0 Å². The minimum Gasteiger partial charge on any atom is -0.391 e. The number of aliphatic hydroxyl groups excluding tert-OH is 1. The molecular weight excluding hydrogens is 240 g/mol. The van der Waals surface area contributed by atoms with Crippen LogP contribution in [-0.4, -0.2) is 32.4 Å². The lowest BCUT2D eigenvalue weighted by atomic mass is 9.89. The second-order valence-electron chi connectivity index (χ2n) is 6.17. The van der Waals surface area contributed by atoms with E-state index in [9.17, 15) is 5.11 Å². The first-order valence-electron chi connectivity index (χ1n) is 6.59.